The second-order valence-corrected chi connectivity index (χ2v) is 9.27. The van der Waals surface area contributed by atoms with Crippen LogP contribution in [0.15, 0.2) is 18.2 Å². The molecule has 0 radical (unpaired) electrons. The lowest BCUT2D eigenvalue weighted by atomic mass is 10.0. The highest BCUT2D eigenvalue weighted by atomic mass is 35.5. The second-order valence-electron chi connectivity index (χ2n) is 6.14. The molecule has 1 heterocycles. The minimum Gasteiger partial charge on any atom is -0.308 e. The Balaban J connectivity index is 2.30. The molecule has 22 heavy (non-hydrogen) atoms. The molecule has 2 amide bonds. The number of amides is 2. The third-order valence-corrected chi connectivity index (χ3v) is 5.35. The van der Waals surface area contributed by atoms with Gasteiger partial charge in [-0.1, -0.05) is 23.2 Å². The molecule has 1 unspecified atom stereocenters. The number of rotatable bonds is 1. The van der Waals surface area contributed by atoms with E-state index >= 15 is 0 Å². The fourth-order valence-electron chi connectivity index (χ4n) is 2.76. The van der Waals surface area contributed by atoms with Crippen molar-refractivity contribution in [2.45, 2.75) is 43.4 Å². The van der Waals surface area contributed by atoms with E-state index in [0.29, 0.717) is 15.7 Å². The van der Waals surface area contributed by atoms with Crippen LogP contribution in [0, 0.1) is 11.3 Å². The molecular formula is C15H17Cl2N3OS. The zero-order valence-corrected chi connectivity index (χ0v) is 15.1. The zero-order chi connectivity index (χ0) is 16.7. The Kier molecular flexibility index (Phi) is 4.59. The number of hydrogen-bond donors (Lipinski definition) is 1. The summed E-state index contributed by atoms with van der Waals surface area (Å²) in [6.45, 7) is 7.80. The Bertz CT molecular complexity index is 634. The number of nitriles is 1. The van der Waals surface area contributed by atoms with Crippen molar-refractivity contribution in [3.05, 3.63) is 28.2 Å². The fraction of sp³-hybridized carbons (Fsp3) is 0.467. The average molecular weight is 358 g/mol. The van der Waals surface area contributed by atoms with Crippen LogP contribution in [0.25, 0.3) is 0 Å². The van der Waals surface area contributed by atoms with Crippen molar-refractivity contribution < 1.29 is 4.79 Å². The van der Waals surface area contributed by atoms with E-state index in [-0.39, 0.29) is 10.8 Å². The summed E-state index contributed by atoms with van der Waals surface area (Å²) in [7, 11) is 0. The standard InChI is InChI=1S/C15H17Cl2N3OS/c1-14(2)12(8-18)20(15(3,4)22-14)13(21)19-11-6-9(16)5-10(17)7-11/h5-7,12H,1-4H3,(H,19,21). The van der Waals surface area contributed by atoms with Gasteiger partial charge in [-0.2, -0.15) is 5.26 Å². The third-order valence-electron chi connectivity index (χ3n) is 3.46. The minimum atomic E-state index is -0.526. The van der Waals surface area contributed by atoms with Crippen molar-refractivity contribution in [2.75, 3.05) is 5.32 Å². The molecule has 0 aromatic heterocycles. The maximum absolute atomic E-state index is 12.7. The maximum atomic E-state index is 12.7. The van der Waals surface area contributed by atoms with Crippen molar-refractivity contribution in [3.63, 3.8) is 0 Å². The highest BCUT2D eigenvalue weighted by Gasteiger charge is 2.54. The molecule has 7 heteroatoms. The maximum Gasteiger partial charge on any atom is 0.324 e. The summed E-state index contributed by atoms with van der Waals surface area (Å²) in [5.41, 5.74) is 0.504. The van der Waals surface area contributed by atoms with Crippen LogP contribution in [0.2, 0.25) is 10.0 Å². The summed E-state index contributed by atoms with van der Waals surface area (Å²) in [4.78, 5) is 13.8. The van der Waals surface area contributed by atoms with Gasteiger partial charge in [-0.05, 0) is 45.9 Å². The van der Waals surface area contributed by atoms with Crippen molar-refractivity contribution >= 4 is 46.7 Å². The van der Waals surface area contributed by atoms with Crippen LogP contribution in [-0.4, -0.2) is 26.6 Å². The Labute approximate surface area is 144 Å². The predicted octanol–water partition coefficient (Wildman–Crippen LogP) is 4.98. The molecule has 1 aromatic rings. The first kappa shape index (κ1) is 17.3. The number of halogens is 2. The summed E-state index contributed by atoms with van der Waals surface area (Å²) in [6.07, 6.45) is 0. The minimum absolute atomic E-state index is 0.340. The van der Waals surface area contributed by atoms with Crippen LogP contribution in [0.4, 0.5) is 10.5 Å². The largest absolute Gasteiger partial charge is 0.324 e. The van der Waals surface area contributed by atoms with Crippen molar-refractivity contribution in [1.29, 1.82) is 5.26 Å². The summed E-state index contributed by atoms with van der Waals surface area (Å²) >= 11 is 13.5. The molecule has 1 aliphatic heterocycles. The molecule has 0 spiro atoms. The lowest BCUT2D eigenvalue weighted by Gasteiger charge is -2.32. The van der Waals surface area contributed by atoms with Crippen LogP contribution in [0.5, 0.6) is 0 Å². The van der Waals surface area contributed by atoms with E-state index in [1.807, 2.05) is 27.7 Å². The first-order chi connectivity index (χ1) is 10.1. The van der Waals surface area contributed by atoms with E-state index in [0.717, 1.165) is 0 Å². The highest BCUT2D eigenvalue weighted by Crippen LogP contribution is 2.50. The molecule has 0 aliphatic carbocycles. The molecule has 0 bridgehead atoms. The van der Waals surface area contributed by atoms with Crippen LogP contribution >= 0.6 is 35.0 Å². The topological polar surface area (TPSA) is 56.1 Å². The van der Waals surface area contributed by atoms with Gasteiger partial charge < -0.3 is 5.32 Å². The van der Waals surface area contributed by atoms with Gasteiger partial charge in [0.25, 0.3) is 0 Å². The smallest absolute Gasteiger partial charge is 0.308 e. The van der Waals surface area contributed by atoms with Crippen molar-refractivity contribution in [1.82, 2.24) is 4.90 Å². The number of benzene rings is 1. The van der Waals surface area contributed by atoms with Gasteiger partial charge in [-0.25, -0.2) is 4.79 Å². The molecule has 2 rings (SSSR count). The Morgan fingerprint density at radius 3 is 2.32 bits per heavy atom. The molecule has 4 nitrogen and oxygen atoms in total. The lowest BCUT2D eigenvalue weighted by Crippen LogP contribution is -2.50. The SMILES string of the molecule is CC1(C)SC(C)(C)N(C(=O)Nc2cc(Cl)cc(Cl)c2)C1C#N. The number of urea groups is 1. The van der Waals surface area contributed by atoms with Gasteiger partial charge in [0.15, 0.2) is 0 Å². The normalized spacial score (nSPS) is 22.2. The number of nitrogens with one attached hydrogen (secondary N) is 1. The predicted molar refractivity (Wildman–Crippen MR) is 92.5 cm³/mol. The fourth-order valence-corrected chi connectivity index (χ4v) is 5.13. The number of carbonyl (C=O) groups is 1. The van der Waals surface area contributed by atoms with Gasteiger partial charge >= 0.3 is 6.03 Å². The first-order valence-electron chi connectivity index (χ1n) is 6.73. The molecule has 1 aliphatic rings. The molecule has 1 N–H and O–H groups in total. The van der Waals surface area contributed by atoms with Gasteiger partial charge in [-0.15, -0.1) is 11.8 Å². The molecular weight excluding hydrogens is 341 g/mol. The Morgan fingerprint density at radius 1 is 1.27 bits per heavy atom. The number of anilines is 1. The van der Waals surface area contributed by atoms with Crippen LogP contribution < -0.4 is 5.32 Å². The molecule has 0 saturated carbocycles. The van der Waals surface area contributed by atoms with E-state index in [1.54, 1.807) is 34.9 Å². The molecule has 1 atom stereocenters. The first-order valence-corrected chi connectivity index (χ1v) is 8.30. The Morgan fingerprint density at radius 2 is 1.82 bits per heavy atom. The summed E-state index contributed by atoms with van der Waals surface area (Å²) < 4.78 is -0.346. The molecule has 1 aromatic carbocycles. The highest BCUT2D eigenvalue weighted by molar-refractivity contribution is 8.02. The number of nitrogens with zero attached hydrogens (tertiary/aromatic N) is 2. The third kappa shape index (κ3) is 3.29. The van der Waals surface area contributed by atoms with Crippen molar-refractivity contribution in [3.8, 4) is 6.07 Å². The van der Waals surface area contributed by atoms with E-state index in [9.17, 15) is 10.1 Å². The number of thioether (sulfide) groups is 1. The lowest BCUT2D eigenvalue weighted by molar-refractivity contribution is 0.175. The van der Waals surface area contributed by atoms with E-state index < -0.39 is 10.9 Å². The molecule has 118 valence electrons. The van der Waals surface area contributed by atoms with Crippen LogP contribution in [0.1, 0.15) is 27.7 Å². The number of carbonyl (C=O) groups excluding carboxylic acids is 1. The molecule has 1 saturated heterocycles. The second kappa shape index (κ2) is 5.84. The van der Waals surface area contributed by atoms with Gasteiger partial charge in [0.1, 0.15) is 6.04 Å². The van der Waals surface area contributed by atoms with Gasteiger partial charge in [0.05, 0.1) is 10.9 Å². The summed E-state index contributed by atoms with van der Waals surface area (Å²) in [6, 6.07) is 6.21. The van der Waals surface area contributed by atoms with Gasteiger partial charge in [0.2, 0.25) is 0 Å². The van der Waals surface area contributed by atoms with Crippen LogP contribution in [-0.2, 0) is 0 Å². The quantitative estimate of drug-likeness (QED) is 0.770. The average Bonchev–Trinajstić information content (AvgIpc) is 2.51. The van der Waals surface area contributed by atoms with E-state index in [1.165, 1.54) is 0 Å². The van der Waals surface area contributed by atoms with E-state index in [4.69, 9.17) is 23.2 Å². The monoisotopic (exact) mass is 357 g/mol. The van der Waals surface area contributed by atoms with Crippen molar-refractivity contribution in [2.24, 2.45) is 0 Å². The number of hydrogen-bond acceptors (Lipinski definition) is 3. The Hall–Kier alpha value is -1.09. The summed E-state index contributed by atoms with van der Waals surface area (Å²) in [5.74, 6) is 0. The van der Waals surface area contributed by atoms with Gasteiger partial charge in [0, 0.05) is 20.5 Å². The van der Waals surface area contributed by atoms with E-state index in [2.05, 4.69) is 11.4 Å². The van der Waals surface area contributed by atoms with Gasteiger partial charge in [-0.3, -0.25) is 4.90 Å². The molecule has 1 fully saturated rings. The van der Waals surface area contributed by atoms with Crippen LogP contribution in [0.3, 0.4) is 0 Å². The summed E-state index contributed by atoms with van der Waals surface area (Å²) in [5, 5.41) is 13.1. The zero-order valence-electron chi connectivity index (χ0n) is 12.8.